The Bertz CT molecular complexity index is 295. The minimum Gasteiger partial charge on any atom is -0.496 e. The van der Waals surface area contributed by atoms with Gasteiger partial charge in [0.2, 0.25) is 0 Å². The van der Waals surface area contributed by atoms with Gasteiger partial charge in [-0.3, -0.25) is 0 Å². The van der Waals surface area contributed by atoms with Gasteiger partial charge in [0.1, 0.15) is 5.75 Å². The minimum absolute atomic E-state index is 0.335. The molecule has 0 radical (unpaired) electrons. The summed E-state index contributed by atoms with van der Waals surface area (Å²) in [4.78, 5) is 4.03. The van der Waals surface area contributed by atoms with Crippen LogP contribution in [0.4, 0.5) is 0 Å². The van der Waals surface area contributed by atoms with E-state index >= 15 is 0 Å². The number of rotatable bonds is 3. The van der Waals surface area contributed by atoms with Crippen molar-refractivity contribution >= 4 is 24.3 Å². The molecule has 1 heterocycles. The second-order valence-corrected chi connectivity index (χ2v) is 3.17. The standard InChI is InChI=1S/C7H10BNO3S/c1-12-6-4-9-7(13-2)3-5(6)8(10)11/h3-4,10-11H,1-2H3. The largest absolute Gasteiger partial charge is 0.496 e. The van der Waals surface area contributed by atoms with Gasteiger partial charge < -0.3 is 14.8 Å². The molecule has 0 atom stereocenters. The molecule has 0 aliphatic rings. The maximum Gasteiger partial charge on any atom is 0.492 e. The van der Waals surface area contributed by atoms with Crippen molar-refractivity contribution in [2.75, 3.05) is 13.4 Å². The lowest BCUT2D eigenvalue weighted by Crippen LogP contribution is -2.31. The van der Waals surface area contributed by atoms with Gasteiger partial charge in [0.25, 0.3) is 0 Å². The third kappa shape index (κ3) is 2.36. The Morgan fingerprint density at radius 2 is 2.23 bits per heavy atom. The van der Waals surface area contributed by atoms with Gasteiger partial charge in [-0.1, -0.05) is 0 Å². The third-order valence-electron chi connectivity index (χ3n) is 1.58. The summed E-state index contributed by atoms with van der Waals surface area (Å²) in [7, 11) is -0.0642. The number of thioether (sulfide) groups is 1. The van der Waals surface area contributed by atoms with E-state index in [-0.39, 0.29) is 0 Å². The minimum atomic E-state index is -1.52. The molecular weight excluding hydrogens is 189 g/mol. The Kier molecular flexibility index (Phi) is 3.59. The summed E-state index contributed by atoms with van der Waals surface area (Å²) in [5.74, 6) is 0.382. The number of aromatic nitrogens is 1. The van der Waals surface area contributed by atoms with E-state index in [1.165, 1.54) is 25.1 Å². The van der Waals surface area contributed by atoms with E-state index in [1.54, 1.807) is 6.07 Å². The van der Waals surface area contributed by atoms with E-state index in [1.807, 2.05) is 6.26 Å². The highest BCUT2D eigenvalue weighted by Crippen LogP contribution is 2.13. The van der Waals surface area contributed by atoms with Gasteiger partial charge in [0, 0.05) is 5.46 Å². The highest BCUT2D eigenvalue weighted by atomic mass is 32.2. The summed E-state index contributed by atoms with van der Waals surface area (Å²) in [5, 5.41) is 18.7. The molecule has 6 heteroatoms. The van der Waals surface area contributed by atoms with Gasteiger partial charge in [-0.05, 0) is 12.3 Å². The summed E-state index contributed by atoms with van der Waals surface area (Å²) >= 11 is 1.43. The quantitative estimate of drug-likeness (QED) is 0.507. The Balaban J connectivity index is 3.10. The first kappa shape index (κ1) is 10.4. The van der Waals surface area contributed by atoms with Gasteiger partial charge in [-0.25, -0.2) is 4.98 Å². The molecular formula is C7H10BNO3S. The second-order valence-electron chi connectivity index (χ2n) is 2.34. The van der Waals surface area contributed by atoms with Crippen molar-refractivity contribution in [2.45, 2.75) is 5.03 Å². The monoisotopic (exact) mass is 199 g/mol. The average molecular weight is 199 g/mol. The van der Waals surface area contributed by atoms with Gasteiger partial charge in [-0.15, -0.1) is 11.8 Å². The van der Waals surface area contributed by atoms with E-state index in [9.17, 15) is 0 Å². The molecule has 2 N–H and O–H groups in total. The molecule has 0 fully saturated rings. The van der Waals surface area contributed by atoms with Crippen molar-refractivity contribution in [1.29, 1.82) is 0 Å². The number of pyridine rings is 1. The smallest absolute Gasteiger partial charge is 0.492 e. The van der Waals surface area contributed by atoms with E-state index in [2.05, 4.69) is 4.98 Å². The zero-order valence-corrected chi connectivity index (χ0v) is 8.21. The van der Waals surface area contributed by atoms with E-state index in [4.69, 9.17) is 14.8 Å². The van der Waals surface area contributed by atoms with Crippen LogP contribution in [0.25, 0.3) is 0 Å². The fraction of sp³-hybridized carbons (Fsp3) is 0.286. The second kappa shape index (κ2) is 4.50. The van der Waals surface area contributed by atoms with Crippen molar-refractivity contribution in [3.63, 3.8) is 0 Å². The van der Waals surface area contributed by atoms with Crippen LogP contribution < -0.4 is 10.2 Å². The average Bonchev–Trinajstić information content (AvgIpc) is 2.16. The van der Waals surface area contributed by atoms with Crippen molar-refractivity contribution in [1.82, 2.24) is 4.98 Å². The zero-order valence-electron chi connectivity index (χ0n) is 7.39. The normalized spacial score (nSPS) is 9.85. The van der Waals surface area contributed by atoms with Crippen molar-refractivity contribution in [3.8, 4) is 5.75 Å². The molecule has 1 rings (SSSR count). The van der Waals surface area contributed by atoms with Crippen molar-refractivity contribution < 1.29 is 14.8 Å². The SMILES string of the molecule is COc1cnc(SC)cc1B(O)O. The van der Waals surface area contributed by atoms with E-state index in [0.717, 1.165) is 5.03 Å². The van der Waals surface area contributed by atoms with Crippen LogP contribution >= 0.6 is 11.8 Å². The first-order valence-electron chi connectivity index (χ1n) is 3.63. The molecule has 13 heavy (non-hydrogen) atoms. The van der Waals surface area contributed by atoms with Gasteiger partial charge in [-0.2, -0.15) is 0 Å². The van der Waals surface area contributed by atoms with Crippen LogP contribution in [0.3, 0.4) is 0 Å². The lowest BCUT2D eigenvalue weighted by molar-refractivity contribution is 0.401. The molecule has 1 aromatic heterocycles. The summed E-state index contributed by atoms with van der Waals surface area (Å²) < 4.78 is 4.91. The van der Waals surface area contributed by atoms with E-state index in [0.29, 0.717) is 11.2 Å². The molecule has 0 spiro atoms. The van der Waals surface area contributed by atoms with Crippen molar-refractivity contribution in [3.05, 3.63) is 12.3 Å². The Morgan fingerprint density at radius 1 is 1.54 bits per heavy atom. The molecule has 0 bridgehead atoms. The molecule has 0 saturated heterocycles. The molecule has 4 nitrogen and oxygen atoms in total. The maximum atomic E-state index is 8.99. The fourth-order valence-electron chi connectivity index (χ4n) is 0.922. The predicted octanol–water partition coefficient (Wildman–Crippen LogP) is -0.508. The lowest BCUT2D eigenvalue weighted by atomic mass is 9.80. The molecule has 0 aliphatic carbocycles. The number of ether oxygens (including phenoxy) is 1. The fourth-order valence-corrected chi connectivity index (χ4v) is 1.33. The predicted molar refractivity (Wildman–Crippen MR) is 52.4 cm³/mol. The van der Waals surface area contributed by atoms with Crippen LogP contribution in [0.1, 0.15) is 0 Å². The molecule has 70 valence electrons. The van der Waals surface area contributed by atoms with Crippen LogP contribution in [-0.2, 0) is 0 Å². The van der Waals surface area contributed by atoms with Gasteiger partial charge in [0.15, 0.2) is 0 Å². The van der Waals surface area contributed by atoms with Crippen LogP contribution in [0.2, 0.25) is 0 Å². The Morgan fingerprint density at radius 3 is 2.69 bits per heavy atom. The molecule has 0 aliphatic heterocycles. The van der Waals surface area contributed by atoms with Gasteiger partial charge >= 0.3 is 7.12 Å². The first-order chi connectivity index (χ1) is 6.19. The van der Waals surface area contributed by atoms with Crippen molar-refractivity contribution in [2.24, 2.45) is 0 Å². The summed E-state index contributed by atoms with van der Waals surface area (Å²) in [6, 6.07) is 1.59. The van der Waals surface area contributed by atoms with Crippen LogP contribution in [-0.4, -0.2) is 35.5 Å². The number of hydrogen-bond donors (Lipinski definition) is 2. The number of hydrogen-bond acceptors (Lipinski definition) is 5. The molecule has 0 aromatic carbocycles. The first-order valence-corrected chi connectivity index (χ1v) is 4.85. The molecule has 0 unspecified atom stereocenters. The molecule has 0 saturated carbocycles. The maximum absolute atomic E-state index is 8.99. The van der Waals surface area contributed by atoms with Crippen LogP contribution in [0.5, 0.6) is 5.75 Å². The summed E-state index contributed by atoms with van der Waals surface area (Å²) in [5.41, 5.74) is 0.335. The Hall–Kier alpha value is -0.715. The summed E-state index contributed by atoms with van der Waals surface area (Å²) in [6.45, 7) is 0. The van der Waals surface area contributed by atoms with Crippen LogP contribution in [0, 0.1) is 0 Å². The molecule has 1 aromatic rings. The molecule has 0 amide bonds. The third-order valence-corrected chi connectivity index (χ3v) is 2.22. The highest BCUT2D eigenvalue weighted by molar-refractivity contribution is 7.98. The Labute approximate surface area is 81.1 Å². The highest BCUT2D eigenvalue weighted by Gasteiger charge is 2.17. The van der Waals surface area contributed by atoms with Gasteiger partial charge in [0.05, 0.1) is 18.3 Å². The lowest BCUT2D eigenvalue weighted by Gasteiger charge is -2.07. The van der Waals surface area contributed by atoms with E-state index < -0.39 is 7.12 Å². The zero-order chi connectivity index (χ0) is 9.84. The number of methoxy groups -OCH3 is 1. The topological polar surface area (TPSA) is 62.6 Å². The summed E-state index contributed by atoms with van der Waals surface area (Å²) in [6.07, 6.45) is 3.34. The van der Waals surface area contributed by atoms with Crippen LogP contribution in [0.15, 0.2) is 17.3 Å². The number of nitrogens with zero attached hydrogens (tertiary/aromatic N) is 1.